The second-order valence-electron chi connectivity index (χ2n) is 7.66. The van der Waals surface area contributed by atoms with Gasteiger partial charge in [0.2, 0.25) is 11.8 Å². The summed E-state index contributed by atoms with van der Waals surface area (Å²) >= 11 is 5.84. The number of carbonyl (C=O) groups excluding carboxylic acids is 3. The number of ether oxygens (including phenoxy) is 1. The predicted octanol–water partition coefficient (Wildman–Crippen LogP) is 4.37. The van der Waals surface area contributed by atoms with Crippen LogP contribution >= 0.6 is 11.6 Å². The molecule has 2 aromatic rings. The van der Waals surface area contributed by atoms with Crippen LogP contribution in [0.25, 0.3) is 0 Å². The highest BCUT2D eigenvalue weighted by Crippen LogP contribution is 2.15. The van der Waals surface area contributed by atoms with E-state index in [1.165, 1.54) is 0 Å². The molecule has 0 aliphatic rings. The van der Waals surface area contributed by atoms with Crippen molar-refractivity contribution in [2.24, 2.45) is 0 Å². The molecule has 0 aromatic heterocycles. The van der Waals surface area contributed by atoms with Crippen LogP contribution in [-0.4, -0.2) is 30.1 Å². The van der Waals surface area contributed by atoms with E-state index in [-0.39, 0.29) is 31.2 Å². The molecule has 0 unspecified atom stereocenters. The molecule has 0 bridgehead atoms. The number of halogens is 1. The molecular weight excluding hydrogens is 406 g/mol. The van der Waals surface area contributed by atoms with E-state index >= 15 is 0 Å². The number of hydrogen-bond acceptors (Lipinski definition) is 4. The van der Waals surface area contributed by atoms with Gasteiger partial charge in [-0.1, -0.05) is 23.7 Å². The molecule has 8 heteroatoms. The summed E-state index contributed by atoms with van der Waals surface area (Å²) in [7, 11) is 0. The van der Waals surface area contributed by atoms with Gasteiger partial charge in [-0.25, -0.2) is 4.79 Å². The standard InChI is InChI=1S/C22H26ClN3O4/c1-22(2,3)30-21(29)24-13-12-19(27)25-17-8-10-18(11-9-17)26-20(28)14-15-4-6-16(23)7-5-15/h4-11H,12-14H2,1-3H3,(H,24,29)(H,25,27)(H,26,28). The lowest BCUT2D eigenvalue weighted by atomic mass is 10.1. The Morgan fingerprint density at radius 1 is 0.867 bits per heavy atom. The molecule has 0 atom stereocenters. The second kappa shape index (κ2) is 10.6. The second-order valence-corrected chi connectivity index (χ2v) is 8.09. The molecule has 0 heterocycles. The van der Waals surface area contributed by atoms with Crippen molar-refractivity contribution < 1.29 is 19.1 Å². The van der Waals surface area contributed by atoms with Gasteiger partial charge >= 0.3 is 6.09 Å². The van der Waals surface area contributed by atoms with Crippen LogP contribution in [0.5, 0.6) is 0 Å². The first-order valence-corrected chi connectivity index (χ1v) is 9.89. The molecule has 0 saturated heterocycles. The smallest absolute Gasteiger partial charge is 0.407 e. The molecule has 0 saturated carbocycles. The van der Waals surface area contributed by atoms with E-state index in [1.54, 1.807) is 69.3 Å². The van der Waals surface area contributed by atoms with Gasteiger partial charge in [0.05, 0.1) is 6.42 Å². The maximum atomic E-state index is 12.1. The fourth-order valence-electron chi connectivity index (χ4n) is 2.45. The molecule has 0 radical (unpaired) electrons. The number of benzene rings is 2. The Labute approximate surface area is 181 Å². The summed E-state index contributed by atoms with van der Waals surface area (Å²) in [4.78, 5) is 35.7. The van der Waals surface area contributed by atoms with Gasteiger partial charge in [0.1, 0.15) is 5.60 Å². The van der Waals surface area contributed by atoms with E-state index in [2.05, 4.69) is 16.0 Å². The van der Waals surface area contributed by atoms with Crippen LogP contribution in [0.1, 0.15) is 32.8 Å². The third kappa shape index (κ3) is 8.96. The Morgan fingerprint density at radius 3 is 1.93 bits per heavy atom. The number of hydrogen-bond donors (Lipinski definition) is 3. The van der Waals surface area contributed by atoms with Gasteiger partial charge in [-0.3, -0.25) is 9.59 Å². The minimum Gasteiger partial charge on any atom is -0.444 e. The quantitative estimate of drug-likeness (QED) is 0.606. The maximum absolute atomic E-state index is 12.1. The fourth-order valence-corrected chi connectivity index (χ4v) is 2.57. The van der Waals surface area contributed by atoms with Gasteiger partial charge in [-0.2, -0.15) is 0 Å². The van der Waals surface area contributed by atoms with Crippen molar-refractivity contribution in [1.82, 2.24) is 5.32 Å². The van der Waals surface area contributed by atoms with Crippen molar-refractivity contribution in [1.29, 1.82) is 0 Å². The number of anilines is 2. The topological polar surface area (TPSA) is 96.5 Å². The van der Waals surface area contributed by atoms with E-state index < -0.39 is 11.7 Å². The Bertz CT molecular complexity index is 875. The van der Waals surface area contributed by atoms with Crippen molar-refractivity contribution in [2.75, 3.05) is 17.2 Å². The summed E-state index contributed by atoms with van der Waals surface area (Å²) in [5.41, 5.74) is 1.49. The highest BCUT2D eigenvalue weighted by atomic mass is 35.5. The molecule has 3 N–H and O–H groups in total. The summed E-state index contributed by atoms with van der Waals surface area (Å²) in [5, 5.41) is 8.69. The van der Waals surface area contributed by atoms with Gasteiger partial charge in [-0.15, -0.1) is 0 Å². The van der Waals surface area contributed by atoms with Crippen molar-refractivity contribution in [3.05, 3.63) is 59.1 Å². The highest BCUT2D eigenvalue weighted by Gasteiger charge is 2.15. The molecule has 0 spiro atoms. The summed E-state index contributed by atoms with van der Waals surface area (Å²) in [6.45, 7) is 5.47. The van der Waals surface area contributed by atoms with E-state index in [0.29, 0.717) is 16.4 Å². The van der Waals surface area contributed by atoms with E-state index in [9.17, 15) is 14.4 Å². The molecule has 7 nitrogen and oxygen atoms in total. The molecular formula is C22H26ClN3O4. The van der Waals surface area contributed by atoms with E-state index in [1.807, 2.05) is 0 Å². The van der Waals surface area contributed by atoms with Gasteiger partial charge in [0.15, 0.2) is 0 Å². The summed E-state index contributed by atoms with van der Waals surface area (Å²) in [6.07, 6.45) is -0.215. The molecule has 0 aliphatic carbocycles. The van der Waals surface area contributed by atoms with Gasteiger partial charge in [0, 0.05) is 29.4 Å². The molecule has 0 aliphatic heterocycles. The molecule has 30 heavy (non-hydrogen) atoms. The van der Waals surface area contributed by atoms with Gasteiger partial charge < -0.3 is 20.7 Å². The Balaban J connectivity index is 1.74. The third-order valence-electron chi connectivity index (χ3n) is 3.75. The zero-order valence-electron chi connectivity index (χ0n) is 17.3. The Hall–Kier alpha value is -3.06. The van der Waals surface area contributed by atoms with Crippen molar-refractivity contribution in [2.45, 2.75) is 39.2 Å². The fraction of sp³-hybridized carbons (Fsp3) is 0.318. The first kappa shape index (κ1) is 23.2. The van der Waals surface area contributed by atoms with Crippen LogP contribution < -0.4 is 16.0 Å². The third-order valence-corrected chi connectivity index (χ3v) is 4.00. The van der Waals surface area contributed by atoms with Crippen LogP contribution in [0.15, 0.2) is 48.5 Å². The molecule has 2 aromatic carbocycles. The largest absolute Gasteiger partial charge is 0.444 e. The number of alkyl carbamates (subject to hydrolysis) is 1. The maximum Gasteiger partial charge on any atom is 0.407 e. The monoisotopic (exact) mass is 431 g/mol. The number of amides is 3. The highest BCUT2D eigenvalue weighted by molar-refractivity contribution is 6.30. The van der Waals surface area contributed by atoms with Gasteiger partial charge in [-0.05, 0) is 62.7 Å². The summed E-state index contributed by atoms with van der Waals surface area (Å²) < 4.78 is 5.10. The summed E-state index contributed by atoms with van der Waals surface area (Å²) in [5.74, 6) is -0.395. The minimum atomic E-state index is -0.585. The molecule has 160 valence electrons. The summed E-state index contributed by atoms with van der Waals surface area (Å²) in [6, 6.07) is 13.9. The van der Waals surface area contributed by atoms with Crippen LogP contribution in [0, 0.1) is 0 Å². The molecule has 0 fully saturated rings. The SMILES string of the molecule is CC(C)(C)OC(=O)NCCC(=O)Nc1ccc(NC(=O)Cc2ccc(Cl)cc2)cc1. The van der Waals surface area contributed by atoms with Crippen LogP contribution in [-0.2, 0) is 20.7 Å². The van der Waals surface area contributed by atoms with Crippen molar-refractivity contribution in [3.63, 3.8) is 0 Å². The lowest BCUT2D eigenvalue weighted by Gasteiger charge is -2.19. The lowest BCUT2D eigenvalue weighted by molar-refractivity contribution is -0.116. The van der Waals surface area contributed by atoms with Crippen LogP contribution in [0.4, 0.5) is 16.2 Å². The van der Waals surface area contributed by atoms with Crippen molar-refractivity contribution >= 4 is 40.9 Å². The first-order chi connectivity index (χ1) is 14.1. The number of carbonyl (C=O) groups is 3. The first-order valence-electron chi connectivity index (χ1n) is 9.52. The van der Waals surface area contributed by atoms with Crippen LogP contribution in [0.2, 0.25) is 5.02 Å². The normalized spacial score (nSPS) is 10.8. The average molecular weight is 432 g/mol. The number of rotatable bonds is 7. The van der Waals surface area contributed by atoms with Crippen molar-refractivity contribution in [3.8, 4) is 0 Å². The average Bonchev–Trinajstić information content (AvgIpc) is 2.64. The molecule has 2 rings (SSSR count). The minimum absolute atomic E-state index is 0.110. The molecule has 3 amide bonds. The predicted molar refractivity (Wildman–Crippen MR) is 118 cm³/mol. The lowest BCUT2D eigenvalue weighted by Crippen LogP contribution is -2.34. The van der Waals surface area contributed by atoms with Gasteiger partial charge in [0.25, 0.3) is 0 Å². The Kier molecular flexibility index (Phi) is 8.24. The number of nitrogens with one attached hydrogen (secondary N) is 3. The van der Waals surface area contributed by atoms with E-state index in [4.69, 9.17) is 16.3 Å². The zero-order valence-corrected chi connectivity index (χ0v) is 18.0. The van der Waals surface area contributed by atoms with Crippen LogP contribution in [0.3, 0.4) is 0 Å². The zero-order chi connectivity index (χ0) is 22.1. The Morgan fingerprint density at radius 2 is 1.40 bits per heavy atom. The van der Waals surface area contributed by atoms with E-state index in [0.717, 1.165) is 5.56 Å².